The molecular formula is C47H90NO10P. The van der Waals surface area contributed by atoms with Gasteiger partial charge in [0.05, 0.1) is 13.2 Å². The molecule has 0 aromatic carbocycles. The van der Waals surface area contributed by atoms with Gasteiger partial charge in [-0.3, -0.25) is 23.4 Å². The van der Waals surface area contributed by atoms with Crippen molar-refractivity contribution in [3.63, 3.8) is 0 Å². The second-order valence-corrected chi connectivity index (χ2v) is 18.1. The molecule has 0 radical (unpaired) electrons. The van der Waals surface area contributed by atoms with E-state index in [1.807, 2.05) is 6.08 Å². The fourth-order valence-electron chi connectivity index (χ4n) is 7.11. The van der Waals surface area contributed by atoms with Crippen molar-refractivity contribution in [3.8, 4) is 0 Å². The van der Waals surface area contributed by atoms with Crippen LogP contribution < -0.4 is 5.73 Å². The summed E-state index contributed by atoms with van der Waals surface area (Å²) in [6, 6.07) is -1.52. The van der Waals surface area contributed by atoms with Crippen LogP contribution in [0.3, 0.4) is 0 Å². The van der Waals surface area contributed by atoms with E-state index in [1.165, 1.54) is 161 Å². The molecule has 0 aliphatic heterocycles. The molecule has 0 aliphatic carbocycles. The highest BCUT2D eigenvalue weighted by Crippen LogP contribution is 2.43. The second-order valence-electron chi connectivity index (χ2n) is 16.7. The second kappa shape index (κ2) is 42.9. The van der Waals surface area contributed by atoms with Gasteiger partial charge in [-0.1, -0.05) is 206 Å². The number of allylic oxidation sites excluding steroid dienone is 1. The third-order valence-corrected chi connectivity index (χ3v) is 11.9. The molecule has 0 spiro atoms. The van der Waals surface area contributed by atoms with Crippen LogP contribution in [-0.4, -0.2) is 59.9 Å². The zero-order valence-corrected chi connectivity index (χ0v) is 38.6. The van der Waals surface area contributed by atoms with E-state index in [0.717, 1.165) is 44.9 Å². The first kappa shape index (κ1) is 57.2. The molecule has 0 saturated carbocycles. The minimum absolute atomic E-state index is 0.164. The number of hydrogen-bond donors (Lipinski definition) is 3. The van der Waals surface area contributed by atoms with E-state index in [0.29, 0.717) is 12.8 Å². The molecule has 4 N–H and O–H groups in total. The average Bonchev–Trinajstić information content (AvgIpc) is 3.21. The van der Waals surface area contributed by atoms with Gasteiger partial charge in [-0.2, -0.15) is 0 Å². The molecule has 0 rings (SSSR count). The van der Waals surface area contributed by atoms with Gasteiger partial charge in [-0.05, 0) is 25.7 Å². The highest BCUT2D eigenvalue weighted by atomic mass is 31.2. The Bertz CT molecular complexity index is 1040. The Labute approximate surface area is 360 Å². The molecule has 1 unspecified atom stereocenters. The predicted octanol–water partition coefficient (Wildman–Crippen LogP) is 13.2. The number of carbonyl (C=O) groups excluding carboxylic acids is 2. The maximum absolute atomic E-state index is 12.6. The van der Waals surface area contributed by atoms with E-state index < -0.39 is 51.1 Å². The molecule has 0 amide bonds. The molecule has 348 valence electrons. The fourth-order valence-corrected chi connectivity index (χ4v) is 7.88. The highest BCUT2D eigenvalue weighted by molar-refractivity contribution is 7.47. The van der Waals surface area contributed by atoms with Crippen LogP contribution in [-0.2, 0) is 37.5 Å². The molecule has 59 heavy (non-hydrogen) atoms. The van der Waals surface area contributed by atoms with Gasteiger partial charge < -0.3 is 25.2 Å². The Morgan fingerprint density at radius 1 is 0.542 bits per heavy atom. The number of phosphoric acid groups is 1. The van der Waals surface area contributed by atoms with Gasteiger partial charge in [0.1, 0.15) is 12.6 Å². The van der Waals surface area contributed by atoms with E-state index in [2.05, 4.69) is 18.0 Å². The number of phosphoric ester groups is 1. The van der Waals surface area contributed by atoms with Crippen molar-refractivity contribution in [2.24, 2.45) is 5.73 Å². The summed E-state index contributed by atoms with van der Waals surface area (Å²) in [4.78, 5) is 46.1. The molecule has 12 heteroatoms. The summed E-state index contributed by atoms with van der Waals surface area (Å²) >= 11 is 0. The summed E-state index contributed by atoms with van der Waals surface area (Å²) in [5, 5.41) is 8.90. The van der Waals surface area contributed by atoms with E-state index in [4.69, 9.17) is 24.8 Å². The van der Waals surface area contributed by atoms with Crippen molar-refractivity contribution in [1.82, 2.24) is 0 Å². The van der Waals surface area contributed by atoms with Crippen LogP contribution in [0, 0.1) is 0 Å². The summed E-state index contributed by atoms with van der Waals surface area (Å²) < 4.78 is 32.8. The van der Waals surface area contributed by atoms with Gasteiger partial charge in [0.2, 0.25) is 0 Å². The summed E-state index contributed by atoms with van der Waals surface area (Å²) in [6.07, 6.45) is 43.1. The van der Waals surface area contributed by atoms with Gasteiger partial charge in [0.15, 0.2) is 6.10 Å². The maximum atomic E-state index is 12.6. The van der Waals surface area contributed by atoms with Gasteiger partial charge in [0, 0.05) is 12.8 Å². The Hall–Kier alpha value is -1.78. The van der Waals surface area contributed by atoms with Crippen LogP contribution in [0.4, 0.5) is 0 Å². The maximum Gasteiger partial charge on any atom is 0.472 e. The molecule has 0 aromatic rings. The van der Waals surface area contributed by atoms with Crippen LogP contribution in [0.5, 0.6) is 0 Å². The number of carboxylic acid groups (broad SMARTS) is 1. The van der Waals surface area contributed by atoms with E-state index in [1.54, 1.807) is 0 Å². The zero-order valence-electron chi connectivity index (χ0n) is 37.7. The summed E-state index contributed by atoms with van der Waals surface area (Å²) in [5.74, 6) is -2.36. The number of rotatable bonds is 47. The van der Waals surface area contributed by atoms with Gasteiger partial charge in [0.25, 0.3) is 0 Å². The lowest BCUT2D eigenvalue weighted by molar-refractivity contribution is -0.161. The molecule has 0 heterocycles. The number of carbonyl (C=O) groups is 3. The van der Waals surface area contributed by atoms with Crippen molar-refractivity contribution >= 4 is 25.7 Å². The third kappa shape index (κ3) is 42.7. The lowest BCUT2D eigenvalue weighted by Crippen LogP contribution is -2.34. The van der Waals surface area contributed by atoms with Gasteiger partial charge >= 0.3 is 25.7 Å². The number of ether oxygens (including phenoxy) is 2. The number of carboxylic acids is 1. The molecule has 0 aliphatic rings. The van der Waals surface area contributed by atoms with Crippen molar-refractivity contribution in [1.29, 1.82) is 0 Å². The number of esters is 2. The SMILES string of the molecule is C=CCCCCCCCCCCCCCCCC(=O)O[C@@H](COC(=O)CCCCCCCCCCCCCCCCCCCCCC)COP(=O)(O)OC[C@@H](N)C(=O)O. The number of unbranched alkanes of at least 4 members (excludes halogenated alkanes) is 32. The minimum Gasteiger partial charge on any atom is -0.480 e. The Morgan fingerprint density at radius 3 is 1.25 bits per heavy atom. The molecule has 3 atom stereocenters. The smallest absolute Gasteiger partial charge is 0.472 e. The third-order valence-electron chi connectivity index (χ3n) is 10.9. The standard InChI is InChI=1S/C47H90NO10P/c1-3-5-7-9-11-13-15-17-19-20-21-22-23-25-26-28-30-32-34-36-38-45(49)55-40-43(41-56-59(53,54)57-42-44(48)47(51)52)58-46(50)39-37-35-33-31-29-27-24-18-16-14-12-10-8-6-4-2/h4,43-44H,2-3,5-42,48H2,1H3,(H,51,52)(H,53,54)/t43-,44+/m0/s1. The number of aliphatic carboxylic acids is 1. The van der Waals surface area contributed by atoms with Crippen LogP contribution in [0.15, 0.2) is 12.7 Å². The minimum atomic E-state index is -4.71. The largest absolute Gasteiger partial charge is 0.480 e. The first-order chi connectivity index (χ1) is 28.6. The molecular weight excluding hydrogens is 769 g/mol. The number of nitrogens with two attached hydrogens (primary N) is 1. The summed E-state index contributed by atoms with van der Waals surface area (Å²) in [6.45, 7) is 4.37. The van der Waals surface area contributed by atoms with Crippen molar-refractivity contribution in [2.45, 2.75) is 250 Å². The van der Waals surface area contributed by atoms with Crippen molar-refractivity contribution < 1.29 is 47.5 Å². The van der Waals surface area contributed by atoms with Gasteiger partial charge in [-0.25, -0.2) is 4.57 Å². The Morgan fingerprint density at radius 2 is 0.881 bits per heavy atom. The lowest BCUT2D eigenvalue weighted by atomic mass is 10.0. The van der Waals surface area contributed by atoms with Crippen LogP contribution in [0.25, 0.3) is 0 Å². The van der Waals surface area contributed by atoms with E-state index >= 15 is 0 Å². The molecule has 0 bridgehead atoms. The van der Waals surface area contributed by atoms with Crippen molar-refractivity contribution in [2.75, 3.05) is 19.8 Å². The van der Waals surface area contributed by atoms with Crippen LogP contribution in [0.2, 0.25) is 0 Å². The molecule has 11 nitrogen and oxygen atoms in total. The van der Waals surface area contributed by atoms with Crippen LogP contribution >= 0.6 is 7.82 Å². The Kier molecular flexibility index (Phi) is 41.6. The normalized spacial score (nSPS) is 13.5. The van der Waals surface area contributed by atoms with Crippen LogP contribution in [0.1, 0.15) is 238 Å². The first-order valence-corrected chi connectivity index (χ1v) is 25.7. The first-order valence-electron chi connectivity index (χ1n) is 24.2. The topological polar surface area (TPSA) is 172 Å². The number of hydrogen-bond acceptors (Lipinski definition) is 9. The average molecular weight is 860 g/mol. The van der Waals surface area contributed by atoms with Crippen molar-refractivity contribution in [3.05, 3.63) is 12.7 Å². The quantitative estimate of drug-likeness (QED) is 0.0230. The molecule has 0 fully saturated rings. The summed E-state index contributed by atoms with van der Waals surface area (Å²) in [7, 11) is -4.71. The van der Waals surface area contributed by atoms with Gasteiger partial charge in [-0.15, -0.1) is 6.58 Å². The predicted molar refractivity (Wildman–Crippen MR) is 240 cm³/mol. The fraction of sp³-hybridized carbons (Fsp3) is 0.894. The molecule has 0 aromatic heterocycles. The molecule has 0 saturated heterocycles. The van der Waals surface area contributed by atoms with E-state index in [-0.39, 0.29) is 19.4 Å². The summed E-state index contributed by atoms with van der Waals surface area (Å²) in [5.41, 5.74) is 5.34. The van der Waals surface area contributed by atoms with E-state index in [9.17, 15) is 23.8 Å². The monoisotopic (exact) mass is 860 g/mol. The highest BCUT2D eigenvalue weighted by Gasteiger charge is 2.28. The zero-order chi connectivity index (χ0) is 43.5. The Balaban J connectivity index is 4.21. The lowest BCUT2D eigenvalue weighted by Gasteiger charge is -2.20.